The molecule has 2 rings (SSSR count). The summed E-state index contributed by atoms with van der Waals surface area (Å²) in [7, 11) is 1.57. The van der Waals surface area contributed by atoms with E-state index in [1.54, 1.807) is 25.3 Å². The second kappa shape index (κ2) is 8.43. The van der Waals surface area contributed by atoms with Crippen molar-refractivity contribution in [2.75, 3.05) is 19.0 Å². The van der Waals surface area contributed by atoms with Crippen LogP contribution in [0.2, 0.25) is 0 Å². The summed E-state index contributed by atoms with van der Waals surface area (Å²) in [5.74, 6) is 1.20. The van der Waals surface area contributed by atoms with Crippen LogP contribution in [-0.4, -0.2) is 26.0 Å². The van der Waals surface area contributed by atoms with E-state index in [1.807, 2.05) is 37.3 Å². The molecule has 0 atom stereocenters. The first kappa shape index (κ1) is 16.4. The van der Waals surface area contributed by atoms with Crippen molar-refractivity contribution in [1.29, 1.82) is 0 Å². The Bertz CT molecular complexity index is 672. The molecule has 0 heterocycles. The number of hydrogen-bond donors (Lipinski definition) is 2. The van der Waals surface area contributed by atoms with E-state index in [1.165, 1.54) is 6.21 Å². The lowest BCUT2D eigenvalue weighted by Crippen LogP contribution is -2.24. The van der Waals surface area contributed by atoms with Gasteiger partial charge >= 0.3 is 6.03 Å². The lowest BCUT2D eigenvalue weighted by molar-refractivity contribution is 0.252. The molecular weight excluding hydrogens is 294 g/mol. The highest BCUT2D eigenvalue weighted by molar-refractivity contribution is 5.91. The molecule has 0 aromatic heterocycles. The van der Waals surface area contributed by atoms with Crippen LogP contribution in [0, 0.1) is 0 Å². The number of rotatable bonds is 6. The number of hydrazone groups is 1. The maximum absolute atomic E-state index is 11.7. The average Bonchev–Trinajstić information content (AvgIpc) is 2.57. The Balaban J connectivity index is 2.01. The maximum atomic E-state index is 11.7. The number of hydrogen-bond acceptors (Lipinski definition) is 4. The topological polar surface area (TPSA) is 72.0 Å². The van der Waals surface area contributed by atoms with Crippen molar-refractivity contribution >= 4 is 17.9 Å². The molecule has 0 spiro atoms. The summed E-state index contributed by atoms with van der Waals surface area (Å²) in [5.41, 5.74) is 3.81. The Hall–Kier alpha value is -3.02. The van der Waals surface area contributed by atoms with Gasteiger partial charge in [-0.1, -0.05) is 24.3 Å². The summed E-state index contributed by atoms with van der Waals surface area (Å²) < 4.78 is 10.8. The van der Waals surface area contributed by atoms with Gasteiger partial charge in [0, 0.05) is 11.3 Å². The third kappa shape index (κ3) is 4.74. The predicted octanol–water partition coefficient (Wildman–Crippen LogP) is 3.25. The minimum atomic E-state index is -0.423. The van der Waals surface area contributed by atoms with Crippen LogP contribution in [0.4, 0.5) is 10.5 Å². The normalized spacial score (nSPS) is 10.3. The van der Waals surface area contributed by atoms with Crippen molar-refractivity contribution in [3.05, 3.63) is 54.1 Å². The Morgan fingerprint density at radius 2 is 1.96 bits per heavy atom. The molecule has 23 heavy (non-hydrogen) atoms. The van der Waals surface area contributed by atoms with Gasteiger partial charge in [0.05, 0.1) is 19.9 Å². The van der Waals surface area contributed by atoms with Gasteiger partial charge in [0.15, 0.2) is 11.5 Å². The van der Waals surface area contributed by atoms with Gasteiger partial charge in [-0.25, -0.2) is 10.2 Å². The molecule has 2 amide bonds. The number of nitrogens with one attached hydrogen (secondary N) is 2. The van der Waals surface area contributed by atoms with E-state index in [0.29, 0.717) is 29.4 Å². The molecule has 0 unspecified atom stereocenters. The minimum absolute atomic E-state index is 0.423. The zero-order valence-corrected chi connectivity index (χ0v) is 13.1. The monoisotopic (exact) mass is 313 g/mol. The highest BCUT2D eigenvalue weighted by atomic mass is 16.5. The molecule has 2 aromatic carbocycles. The van der Waals surface area contributed by atoms with E-state index >= 15 is 0 Å². The first-order valence-electron chi connectivity index (χ1n) is 7.19. The summed E-state index contributed by atoms with van der Waals surface area (Å²) in [5, 5.41) is 6.60. The van der Waals surface area contributed by atoms with Gasteiger partial charge in [0.25, 0.3) is 0 Å². The number of ether oxygens (including phenoxy) is 2. The number of benzene rings is 2. The van der Waals surface area contributed by atoms with Crippen molar-refractivity contribution in [3.63, 3.8) is 0 Å². The fourth-order valence-electron chi connectivity index (χ4n) is 1.93. The van der Waals surface area contributed by atoms with Gasteiger partial charge in [-0.05, 0) is 31.2 Å². The summed E-state index contributed by atoms with van der Waals surface area (Å²) in [6.45, 7) is 2.39. The van der Waals surface area contributed by atoms with Crippen LogP contribution in [0.5, 0.6) is 11.5 Å². The number of amides is 2. The number of nitrogens with zero attached hydrogens (tertiary/aromatic N) is 1. The van der Waals surface area contributed by atoms with E-state index in [-0.39, 0.29) is 0 Å². The molecule has 6 nitrogen and oxygen atoms in total. The molecule has 0 bridgehead atoms. The number of carbonyl (C=O) groups excluding carboxylic acids is 1. The number of carbonyl (C=O) groups is 1. The number of urea groups is 1. The quantitative estimate of drug-likeness (QED) is 0.635. The van der Waals surface area contributed by atoms with Crippen LogP contribution >= 0.6 is 0 Å². The fourth-order valence-corrected chi connectivity index (χ4v) is 1.93. The number of para-hydroxylation sites is 2. The number of methoxy groups -OCH3 is 1. The van der Waals surface area contributed by atoms with E-state index in [0.717, 1.165) is 0 Å². The van der Waals surface area contributed by atoms with Gasteiger partial charge < -0.3 is 14.8 Å². The van der Waals surface area contributed by atoms with Crippen LogP contribution in [-0.2, 0) is 0 Å². The fraction of sp³-hybridized carbons (Fsp3) is 0.176. The molecule has 0 saturated heterocycles. The van der Waals surface area contributed by atoms with Gasteiger partial charge in [0.1, 0.15) is 0 Å². The molecule has 0 aliphatic carbocycles. The Morgan fingerprint density at radius 1 is 1.17 bits per heavy atom. The third-order valence-electron chi connectivity index (χ3n) is 2.92. The maximum Gasteiger partial charge on any atom is 0.339 e. The average molecular weight is 313 g/mol. The molecule has 6 heteroatoms. The van der Waals surface area contributed by atoms with Crippen molar-refractivity contribution in [3.8, 4) is 11.5 Å². The van der Waals surface area contributed by atoms with Gasteiger partial charge in [-0.2, -0.15) is 5.10 Å². The SMILES string of the molecule is CCOc1c(/C=N/NC(=O)Nc2ccccc2)cccc1OC. The van der Waals surface area contributed by atoms with Crippen LogP contribution in [0.1, 0.15) is 12.5 Å². The summed E-state index contributed by atoms with van der Waals surface area (Å²) >= 11 is 0. The summed E-state index contributed by atoms with van der Waals surface area (Å²) in [6, 6.07) is 14.2. The van der Waals surface area contributed by atoms with Gasteiger partial charge in [0.2, 0.25) is 0 Å². The first-order chi connectivity index (χ1) is 11.2. The van der Waals surface area contributed by atoms with E-state index in [2.05, 4.69) is 15.8 Å². The highest BCUT2D eigenvalue weighted by Gasteiger charge is 2.08. The van der Waals surface area contributed by atoms with Crippen molar-refractivity contribution in [2.45, 2.75) is 6.92 Å². The van der Waals surface area contributed by atoms with E-state index in [9.17, 15) is 4.79 Å². The van der Waals surface area contributed by atoms with Crippen molar-refractivity contribution in [2.24, 2.45) is 5.10 Å². The zero-order chi connectivity index (χ0) is 16.5. The molecular formula is C17H19N3O3. The lowest BCUT2D eigenvalue weighted by Gasteiger charge is -2.11. The van der Waals surface area contributed by atoms with Crippen molar-refractivity contribution < 1.29 is 14.3 Å². The highest BCUT2D eigenvalue weighted by Crippen LogP contribution is 2.29. The molecule has 0 fully saturated rings. The smallest absolute Gasteiger partial charge is 0.339 e. The van der Waals surface area contributed by atoms with Crippen LogP contribution in [0.15, 0.2) is 53.6 Å². The number of anilines is 1. The second-order valence-corrected chi connectivity index (χ2v) is 4.50. The van der Waals surface area contributed by atoms with E-state index < -0.39 is 6.03 Å². The van der Waals surface area contributed by atoms with E-state index in [4.69, 9.17) is 9.47 Å². The first-order valence-corrected chi connectivity index (χ1v) is 7.19. The second-order valence-electron chi connectivity index (χ2n) is 4.50. The molecule has 0 saturated carbocycles. The molecule has 2 aromatic rings. The van der Waals surface area contributed by atoms with Crippen LogP contribution < -0.4 is 20.2 Å². The summed E-state index contributed by atoms with van der Waals surface area (Å²) in [4.78, 5) is 11.7. The Labute approximate surface area is 135 Å². The molecule has 120 valence electrons. The standard InChI is InChI=1S/C17H19N3O3/c1-3-23-16-13(8-7-11-15(16)22-2)12-18-20-17(21)19-14-9-5-4-6-10-14/h4-12H,3H2,1-2H3,(H2,19,20,21)/b18-12+. The van der Waals surface area contributed by atoms with Gasteiger partial charge in [-0.15, -0.1) is 0 Å². The predicted molar refractivity (Wildman–Crippen MR) is 90.4 cm³/mol. The summed E-state index contributed by atoms with van der Waals surface area (Å²) in [6.07, 6.45) is 1.51. The molecule has 0 aliphatic rings. The van der Waals surface area contributed by atoms with Gasteiger partial charge in [-0.3, -0.25) is 0 Å². The van der Waals surface area contributed by atoms with Crippen LogP contribution in [0.25, 0.3) is 0 Å². The minimum Gasteiger partial charge on any atom is -0.493 e. The lowest BCUT2D eigenvalue weighted by atomic mass is 10.2. The zero-order valence-electron chi connectivity index (χ0n) is 13.1. The Kier molecular flexibility index (Phi) is 5.99. The molecule has 2 N–H and O–H groups in total. The van der Waals surface area contributed by atoms with Crippen molar-refractivity contribution in [1.82, 2.24) is 5.43 Å². The van der Waals surface area contributed by atoms with Crippen LogP contribution in [0.3, 0.4) is 0 Å². The largest absolute Gasteiger partial charge is 0.493 e. The third-order valence-corrected chi connectivity index (χ3v) is 2.92. The molecule has 0 aliphatic heterocycles. The Morgan fingerprint density at radius 3 is 2.65 bits per heavy atom. The molecule has 0 radical (unpaired) electrons.